The van der Waals surface area contributed by atoms with Crippen molar-refractivity contribution >= 4 is 29.5 Å². The number of para-hydroxylation sites is 1. The zero-order valence-corrected chi connectivity index (χ0v) is 29.5. The van der Waals surface area contributed by atoms with Gasteiger partial charge in [0.1, 0.15) is 17.4 Å². The van der Waals surface area contributed by atoms with Crippen LogP contribution in [0.1, 0.15) is 66.8 Å². The SMILES string of the molecule is CCc1cccc(CC)c1-n1nc2c(c1-c1ccc(F)c3c1ccn3N[C@H](CS)C(=O)O)CN(Cc1ccc(C(F)(F)F)cc1C(F)(F)F)C2(C)C. The molecule has 0 radical (unpaired) electrons. The zero-order valence-electron chi connectivity index (χ0n) is 28.6. The molecule has 2 N–H and O–H groups in total. The minimum absolute atomic E-state index is 0.0696. The molecular weight excluding hydrogens is 711 g/mol. The Morgan fingerprint density at radius 3 is 2.23 bits per heavy atom. The average Bonchev–Trinajstić information content (AvgIpc) is 3.74. The normalized spacial score (nSPS) is 15.3. The zero-order chi connectivity index (χ0) is 37.9. The number of halogens is 7. The number of rotatable bonds is 10. The lowest BCUT2D eigenvalue weighted by molar-refractivity contribution is -0.144. The van der Waals surface area contributed by atoms with E-state index >= 15 is 4.39 Å². The molecule has 0 spiro atoms. The molecule has 2 aromatic heterocycles. The number of nitrogens with zero attached hydrogens (tertiary/aromatic N) is 4. The van der Waals surface area contributed by atoms with Crippen LogP contribution in [0.3, 0.4) is 0 Å². The van der Waals surface area contributed by atoms with Gasteiger partial charge in [-0.2, -0.15) is 44.1 Å². The van der Waals surface area contributed by atoms with Crippen LogP contribution in [0.15, 0.2) is 60.8 Å². The largest absolute Gasteiger partial charge is 0.480 e. The van der Waals surface area contributed by atoms with Crippen LogP contribution >= 0.6 is 12.6 Å². The van der Waals surface area contributed by atoms with Crippen LogP contribution in [0.25, 0.3) is 27.8 Å². The second kappa shape index (κ2) is 13.5. The number of carboxylic acids is 1. The van der Waals surface area contributed by atoms with Crippen molar-refractivity contribution in [2.24, 2.45) is 0 Å². The van der Waals surface area contributed by atoms with E-state index in [1.54, 1.807) is 30.9 Å². The number of aromatic nitrogens is 3. The van der Waals surface area contributed by atoms with Gasteiger partial charge < -0.3 is 10.5 Å². The highest BCUT2D eigenvalue weighted by Crippen LogP contribution is 2.47. The number of carboxylic acid groups (broad SMARTS) is 1. The molecule has 0 saturated heterocycles. The first kappa shape index (κ1) is 37.3. The van der Waals surface area contributed by atoms with E-state index in [0.717, 1.165) is 22.9 Å². The number of nitrogens with one attached hydrogen (secondary N) is 1. The molecule has 1 aliphatic heterocycles. The highest BCUT2D eigenvalue weighted by molar-refractivity contribution is 7.80. The first-order chi connectivity index (χ1) is 24.4. The molecule has 3 heterocycles. The molecule has 15 heteroatoms. The molecule has 0 amide bonds. The molecule has 5 aromatic rings. The Hall–Kier alpha value is -4.50. The third-order valence-corrected chi connectivity index (χ3v) is 10.2. The molecule has 0 bridgehead atoms. The summed E-state index contributed by atoms with van der Waals surface area (Å²) < 4.78 is 102. The van der Waals surface area contributed by atoms with Gasteiger partial charge in [-0.3, -0.25) is 9.58 Å². The summed E-state index contributed by atoms with van der Waals surface area (Å²) in [5.41, 5.74) is 3.87. The highest BCUT2D eigenvalue weighted by atomic mass is 32.1. The van der Waals surface area contributed by atoms with Crippen molar-refractivity contribution in [1.29, 1.82) is 0 Å². The maximum atomic E-state index is 15.6. The predicted octanol–water partition coefficient (Wildman–Crippen LogP) is 8.97. The minimum atomic E-state index is -5.04. The molecule has 0 fully saturated rings. The third-order valence-electron chi connectivity index (χ3n) is 9.81. The molecule has 7 nitrogen and oxygen atoms in total. The number of hydrogen-bond donors (Lipinski definition) is 3. The number of aryl methyl sites for hydroxylation is 2. The summed E-state index contributed by atoms with van der Waals surface area (Å²) in [5.74, 6) is -1.89. The van der Waals surface area contributed by atoms with Crippen molar-refractivity contribution in [3.8, 4) is 16.9 Å². The number of aliphatic carboxylic acids is 1. The van der Waals surface area contributed by atoms with Crippen molar-refractivity contribution in [2.45, 2.75) is 77.6 Å². The van der Waals surface area contributed by atoms with E-state index in [1.807, 2.05) is 36.7 Å². The summed E-state index contributed by atoms with van der Waals surface area (Å²) in [7, 11) is 0. The van der Waals surface area contributed by atoms with Crippen molar-refractivity contribution in [2.75, 3.05) is 11.2 Å². The van der Waals surface area contributed by atoms with E-state index in [1.165, 1.54) is 16.9 Å². The number of alkyl halides is 6. The number of benzene rings is 3. The third kappa shape index (κ3) is 6.42. The van der Waals surface area contributed by atoms with Gasteiger partial charge in [-0.05, 0) is 73.7 Å². The smallest absolute Gasteiger partial charge is 0.416 e. The van der Waals surface area contributed by atoms with E-state index in [2.05, 4.69) is 18.1 Å². The Kier molecular flexibility index (Phi) is 9.66. The molecule has 1 atom stereocenters. The van der Waals surface area contributed by atoms with Crippen LogP contribution in [0.5, 0.6) is 0 Å². The second-order valence-corrected chi connectivity index (χ2v) is 13.6. The van der Waals surface area contributed by atoms with Crippen molar-refractivity contribution in [3.05, 3.63) is 106 Å². The summed E-state index contributed by atoms with van der Waals surface area (Å²) in [6.07, 6.45) is -7.19. The van der Waals surface area contributed by atoms with E-state index in [0.29, 0.717) is 46.8 Å². The van der Waals surface area contributed by atoms with Crippen LogP contribution in [-0.4, -0.2) is 42.2 Å². The first-order valence-corrected chi connectivity index (χ1v) is 17.2. The fraction of sp³-hybridized carbons (Fsp3) is 0.351. The van der Waals surface area contributed by atoms with E-state index < -0.39 is 46.8 Å². The topological polar surface area (TPSA) is 75.3 Å². The van der Waals surface area contributed by atoms with E-state index in [4.69, 9.17) is 5.10 Å². The van der Waals surface area contributed by atoms with Crippen LogP contribution < -0.4 is 5.43 Å². The van der Waals surface area contributed by atoms with E-state index in [-0.39, 0.29) is 36.0 Å². The monoisotopic (exact) mass is 747 g/mol. The lowest BCUT2D eigenvalue weighted by Crippen LogP contribution is -2.36. The Balaban J connectivity index is 1.56. The first-order valence-electron chi connectivity index (χ1n) is 16.6. The number of thiol groups is 1. The molecule has 3 aromatic carbocycles. The van der Waals surface area contributed by atoms with Gasteiger partial charge in [-0.15, -0.1) is 0 Å². The van der Waals surface area contributed by atoms with Gasteiger partial charge in [0, 0.05) is 41.6 Å². The second-order valence-electron chi connectivity index (χ2n) is 13.2. The summed E-state index contributed by atoms with van der Waals surface area (Å²) in [4.78, 5) is 13.5. The van der Waals surface area contributed by atoms with Crippen LogP contribution in [0, 0.1) is 5.82 Å². The Morgan fingerprint density at radius 1 is 0.981 bits per heavy atom. The Bertz CT molecular complexity index is 2150. The number of carbonyl (C=O) groups is 1. The maximum Gasteiger partial charge on any atom is 0.416 e. The molecule has 276 valence electrons. The summed E-state index contributed by atoms with van der Waals surface area (Å²) >= 11 is 4.11. The van der Waals surface area contributed by atoms with Gasteiger partial charge in [-0.25, -0.2) is 13.9 Å². The molecule has 6 rings (SSSR count). The predicted molar refractivity (Wildman–Crippen MR) is 187 cm³/mol. The van der Waals surface area contributed by atoms with Crippen molar-refractivity contribution < 1.29 is 40.6 Å². The van der Waals surface area contributed by atoms with Crippen molar-refractivity contribution in [1.82, 2.24) is 19.4 Å². The quantitative estimate of drug-likeness (QED) is 0.0983. The van der Waals surface area contributed by atoms with Crippen LogP contribution in [0.2, 0.25) is 0 Å². The van der Waals surface area contributed by atoms with Gasteiger partial charge in [0.2, 0.25) is 0 Å². The van der Waals surface area contributed by atoms with Gasteiger partial charge in [-0.1, -0.05) is 38.1 Å². The summed E-state index contributed by atoms with van der Waals surface area (Å²) in [5, 5.41) is 15.2. The molecule has 1 aliphatic rings. The fourth-order valence-electron chi connectivity index (χ4n) is 7.04. The van der Waals surface area contributed by atoms with Crippen LogP contribution in [-0.2, 0) is 48.6 Å². The summed E-state index contributed by atoms with van der Waals surface area (Å²) in [6.45, 7) is 7.35. The standard InChI is InChI=1S/C37H36F7N5O2S/c1-5-20-8-7-9-21(6-2)30(20)49-31(24-12-13-28(38)32-25(24)14-15-48(32)45-29(19-52)34(50)51)26-18-47(35(3,4)33(26)46-49)17-22-10-11-23(36(39,40)41)16-27(22)37(42,43)44/h7-16,29,45,52H,5-6,17-19H2,1-4H3,(H,50,51)/t29-/m1/s1. The molecular formula is C37H36F7N5O2S. The highest BCUT2D eigenvalue weighted by Gasteiger charge is 2.45. The Labute approximate surface area is 300 Å². The molecule has 0 saturated carbocycles. The van der Waals surface area contributed by atoms with Gasteiger partial charge >= 0.3 is 18.3 Å². The lowest BCUT2D eigenvalue weighted by atomic mass is 9.96. The van der Waals surface area contributed by atoms with Crippen molar-refractivity contribution in [3.63, 3.8) is 0 Å². The van der Waals surface area contributed by atoms with Crippen LogP contribution in [0.4, 0.5) is 30.7 Å². The Morgan fingerprint density at radius 2 is 1.65 bits per heavy atom. The number of hydrogen-bond acceptors (Lipinski definition) is 5. The maximum absolute atomic E-state index is 15.6. The van der Waals surface area contributed by atoms with Gasteiger partial charge in [0.05, 0.1) is 33.7 Å². The molecule has 52 heavy (non-hydrogen) atoms. The van der Waals surface area contributed by atoms with Gasteiger partial charge in [0.15, 0.2) is 0 Å². The number of fused-ring (bicyclic) bond motifs is 2. The fourth-order valence-corrected chi connectivity index (χ4v) is 7.28. The lowest BCUT2D eigenvalue weighted by Gasteiger charge is -2.33. The average molecular weight is 748 g/mol. The minimum Gasteiger partial charge on any atom is -0.480 e. The molecule has 0 aliphatic carbocycles. The molecule has 0 unspecified atom stereocenters. The van der Waals surface area contributed by atoms with E-state index in [9.17, 15) is 36.2 Å². The summed E-state index contributed by atoms with van der Waals surface area (Å²) in [6, 6.07) is 11.0. The van der Waals surface area contributed by atoms with Gasteiger partial charge in [0.25, 0.3) is 0 Å².